The van der Waals surface area contributed by atoms with Crippen molar-refractivity contribution in [3.63, 3.8) is 0 Å². The number of esters is 1. The summed E-state index contributed by atoms with van der Waals surface area (Å²) < 4.78 is 23.4. The number of ether oxygens (including phenoxy) is 1. The predicted molar refractivity (Wildman–Crippen MR) is 109 cm³/mol. The second-order valence-corrected chi connectivity index (χ2v) is 20.0. The summed E-state index contributed by atoms with van der Waals surface area (Å²) in [4.78, 5) is 23.5. The van der Waals surface area contributed by atoms with E-state index < -0.39 is 37.2 Å². The monoisotopic (exact) mass is 414 g/mol. The fourth-order valence-electron chi connectivity index (χ4n) is 2.38. The van der Waals surface area contributed by atoms with Crippen LogP contribution >= 0.6 is 0 Å². The summed E-state index contributed by atoms with van der Waals surface area (Å²) in [5, 5.41) is 0. The van der Waals surface area contributed by atoms with Gasteiger partial charge in [0.25, 0.3) is 5.78 Å². The summed E-state index contributed by atoms with van der Waals surface area (Å²) in [6, 6.07) is 6.40. The van der Waals surface area contributed by atoms with Crippen molar-refractivity contribution in [1.29, 1.82) is 0 Å². The van der Waals surface area contributed by atoms with E-state index in [1.807, 2.05) is 6.55 Å². The van der Waals surface area contributed by atoms with Gasteiger partial charge < -0.3 is 17.4 Å². The van der Waals surface area contributed by atoms with Gasteiger partial charge in [0.2, 0.25) is 0 Å². The van der Waals surface area contributed by atoms with E-state index in [0.717, 1.165) is 0 Å². The third-order valence-electron chi connectivity index (χ3n) is 2.86. The van der Waals surface area contributed by atoms with E-state index in [1.165, 1.54) is 0 Å². The minimum Gasteiger partial charge on any atom is -0.502 e. The van der Waals surface area contributed by atoms with Gasteiger partial charge in [-0.2, -0.15) is 0 Å². The zero-order chi connectivity index (χ0) is 20.2. The molecule has 0 fully saturated rings. The van der Waals surface area contributed by atoms with Gasteiger partial charge in [-0.15, -0.1) is 0 Å². The number of Topliss-reactive ketones (excluding diaryl/α,β-unsaturated/α-hetero) is 1. The van der Waals surface area contributed by atoms with E-state index in [-0.39, 0.29) is 12.2 Å². The molecule has 9 heteroatoms. The molecule has 0 amide bonds. The molecule has 0 atom stereocenters. The SMILES string of the molecule is CCOC(=O)C(=O)c1ccc(O[Si](C)(O[Si](C)(C)C)O[Si](C)(C)C)cc1. The first-order valence-corrected chi connectivity index (χ1v) is 17.7. The molecule has 0 spiro atoms. The topological polar surface area (TPSA) is 71.1 Å². The lowest BCUT2D eigenvalue weighted by Crippen LogP contribution is -2.56. The molecule has 0 radical (unpaired) electrons. The third-order valence-corrected chi connectivity index (χ3v) is 11.3. The van der Waals surface area contributed by atoms with E-state index in [2.05, 4.69) is 39.3 Å². The van der Waals surface area contributed by atoms with Gasteiger partial charge in [0, 0.05) is 12.1 Å². The highest BCUT2D eigenvalue weighted by atomic mass is 28.5. The Bertz CT molecular complexity index is 615. The molecule has 1 rings (SSSR count). The smallest absolute Gasteiger partial charge is 0.502 e. The quantitative estimate of drug-likeness (QED) is 0.262. The zero-order valence-electron chi connectivity index (χ0n) is 17.0. The number of hydrogen-bond acceptors (Lipinski definition) is 6. The first-order valence-electron chi connectivity index (χ1n) is 8.65. The molecule has 26 heavy (non-hydrogen) atoms. The highest BCUT2D eigenvalue weighted by molar-refractivity contribution is 6.85. The second-order valence-electron chi connectivity index (χ2n) is 7.97. The van der Waals surface area contributed by atoms with E-state index in [1.54, 1.807) is 31.2 Å². The van der Waals surface area contributed by atoms with Crippen LogP contribution in [-0.4, -0.2) is 43.8 Å². The van der Waals surface area contributed by atoms with Gasteiger partial charge in [-0.1, -0.05) is 0 Å². The van der Waals surface area contributed by atoms with Crippen LogP contribution in [-0.2, 0) is 17.8 Å². The molecule has 6 nitrogen and oxygen atoms in total. The van der Waals surface area contributed by atoms with Gasteiger partial charge in [0.05, 0.1) is 6.61 Å². The molecule has 1 aromatic rings. The van der Waals surface area contributed by atoms with Crippen LogP contribution < -0.4 is 4.43 Å². The molecule has 0 N–H and O–H groups in total. The van der Waals surface area contributed by atoms with E-state index in [9.17, 15) is 9.59 Å². The molecular weight excluding hydrogens is 384 g/mol. The molecule has 0 unspecified atom stereocenters. The Morgan fingerprint density at radius 1 is 0.846 bits per heavy atom. The molecule has 0 bridgehead atoms. The maximum Gasteiger partial charge on any atom is 0.541 e. The average Bonchev–Trinajstić information content (AvgIpc) is 2.43. The number of hydrogen-bond donors (Lipinski definition) is 0. The summed E-state index contributed by atoms with van der Waals surface area (Å²) in [7, 11) is -6.65. The maximum atomic E-state index is 12.0. The van der Waals surface area contributed by atoms with Crippen molar-refractivity contribution in [1.82, 2.24) is 0 Å². The first kappa shape index (κ1) is 22.8. The maximum absolute atomic E-state index is 12.0. The van der Waals surface area contributed by atoms with Crippen LogP contribution in [0.25, 0.3) is 0 Å². The normalized spacial score (nSPS) is 12.6. The Balaban J connectivity index is 2.98. The number of ketones is 1. The number of benzene rings is 1. The van der Waals surface area contributed by atoms with Crippen molar-refractivity contribution in [3.05, 3.63) is 29.8 Å². The van der Waals surface area contributed by atoms with Crippen LogP contribution in [0.2, 0.25) is 45.8 Å². The molecule has 0 saturated carbocycles. The van der Waals surface area contributed by atoms with Crippen LogP contribution in [0.3, 0.4) is 0 Å². The third kappa shape index (κ3) is 7.96. The van der Waals surface area contributed by atoms with E-state index in [0.29, 0.717) is 5.75 Å². The lowest BCUT2D eigenvalue weighted by atomic mass is 10.1. The Morgan fingerprint density at radius 3 is 1.69 bits per heavy atom. The largest absolute Gasteiger partial charge is 0.541 e. The van der Waals surface area contributed by atoms with Crippen molar-refractivity contribution in [2.45, 2.75) is 52.8 Å². The Labute approximate surface area is 159 Å². The van der Waals surface area contributed by atoms with Crippen molar-refractivity contribution in [2.24, 2.45) is 0 Å². The van der Waals surface area contributed by atoms with Crippen LogP contribution in [0.5, 0.6) is 5.75 Å². The zero-order valence-corrected chi connectivity index (χ0v) is 20.0. The van der Waals surface area contributed by atoms with Crippen LogP contribution in [0, 0.1) is 0 Å². The molecule has 0 aliphatic carbocycles. The highest BCUT2D eigenvalue weighted by Crippen LogP contribution is 2.25. The lowest BCUT2D eigenvalue weighted by molar-refractivity contribution is -0.137. The molecular formula is C17H30O6Si3. The summed E-state index contributed by atoms with van der Waals surface area (Å²) in [5.74, 6) is -0.976. The fourth-order valence-corrected chi connectivity index (χ4v) is 12.7. The molecule has 0 heterocycles. The van der Waals surface area contributed by atoms with Gasteiger partial charge in [0.15, 0.2) is 16.6 Å². The van der Waals surface area contributed by atoms with Crippen LogP contribution in [0.15, 0.2) is 24.3 Å². The van der Waals surface area contributed by atoms with Crippen molar-refractivity contribution in [3.8, 4) is 5.75 Å². The molecule has 0 aromatic heterocycles. The van der Waals surface area contributed by atoms with E-state index >= 15 is 0 Å². The highest BCUT2D eigenvalue weighted by Gasteiger charge is 2.45. The summed E-state index contributed by atoms with van der Waals surface area (Å²) in [5.41, 5.74) is 0.261. The van der Waals surface area contributed by atoms with E-state index in [4.69, 9.17) is 17.4 Å². The molecule has 0 aliphatic rings. The minimum atomic E-state index is -2.89. The Hall–Kier alpha value is -1.27. The van der Waals surface area contributed by atoms with Gasteiger partial charge in [-0.05, 0) is 70.5 Å². The molecule has 146 valence electrons. The summed E-state index contributed by atoms with van der Waals surface area (Å²) in [6.45, 7) is 16.3. The van der Waals surface area contributed by atoms with Crippen molar-refractivity contribution in [2.75, 3.05) is 6.61 Å². The fraction of sp³-hybridized carbons (Fsp3) is 0.529. The minimum absolute atomic E-state index is 0.164. The number of rotatable bonds is 9. The molecule has 0 saturated heterocycles. The number of carbonyl (C=O) groups excluding carboxylic acids is 2. The van der Waals surface area contributed by atoms with Gasteiger partial charge in [-0.3, -0.25) is 4.79 Å². The van der Waals surface area contributed by atoms with Gasteiger partial charge in [0.1, 0.15) is 5.75 Å². The summed E-state index contributed by atoms with van der Waals surface area (Å²) >= 11 is 0. The predicted octanol–water partition coefficient (Wildman–Crippen LogP) is 4.08. The average molecular weight is 415 g/mol. The molecule has 0 aliphatic heterocycles. The second kappa shape index (κ2) is 8.61. The van der Waals surface area contributed by atoms with Gasteiger partial charge in [-0.25, -0.2) is 4.79 Å². The first-order chi connectivity index (χ1) is 11.7. The summed E-state index contributed by atoms with van der Waals surface area (Å²) in [6.07, 6.45) is 0. The van der Waals surface area contributed by atoms with Crippen molar-refractivity contribution < 1.29 is 27.0 Å². The lowest BCUT2D eigenvalue weighted by Gasteiger charge is -2.37. The van der Waals surface area contributed by atoms with Crippen molar-refractivity contribution >= 4 is 37.2 Å². The Kier molecular flexibility index (Phi) is 7.54. The van der Waals surface area contributed by atoms with Crippen LogP contribution in [0.4, 0.5) is 0 Å². The number of carbonyl (C=O) groups is 2. The standard InChI is InChI=1S/C17H30O6Si3/c1-9-20-17(19)16(18)14-10-12-15(13-11-14)21-26(8,22-24(2,3)4)23-25(5,6)7/h10-13H,9H2,1-8H3. The molecule has 1 aromatic carbocycles. The van der Waals surface area contributed by atoms with Crippen LogP contribution in [0.1, 0.15) is 17.3 Å². The Morgan fingerprint density at radius 2 is 1.31 bits per heavy atom. The van der Waals surface area contributed by atoms with Gasteiger partial charge >= 0.3 is 14.8 Å².